The van der Waals surface area contributed by atoms with E-state index in [1.165, 1.54) is 61.2 Å². The quantitative estimate of drug-likeness (QED) is 0.521. The van der Waals surface area contributed by atoms with Crippen molar-refractivity contribution in [2.75, 3.05) is 0 Å². The molecule has 2 nitrogen and oxygen atoms in total. The van der Waals surface area contributed by atoms with Gasteiger partial charge in [0.1, 0.15) is 7.05 Å². The molecule has 1 heterocycles. The zero-order valence-electron chi connectivity index (χ0n) is 17.4. The molecule has 0 saturated heterocycles. The summed E-state index contributed by atoms with van der Waals surface area (Å²) in [6.07, 6.45) is 0. The van der Waals surface area contributed by atoms with Gasteiger partial charge in [0, 0.05) is 11.1 Å². The maximum Gasteiger partial charge on any atom is 0.381 e. The predicted molar refractivity (Wildman–Crippen MR) is 105 cm³/mol. The molecule has 0 N–H and O–H groups in total. The minimum absolute atomic E-state index is 0.965. The molecule has 1 aromatic heterocycles. The molecule has 0 bridgehead atoms. The number of rotatable bonds is 1. The number of hydrogen-bond donors (Lipinski definition) is 0. The van der Waals surface area contributed by atoms with E-state index < -0.39 is 0 Å². The van der Waals surface area contributed by atoms with E-state index in [1.54, 1.807) is 0 Å². The molecule has 2 aromatic carbocycles. The molecule has 0 unspecified atom stereocenters. The average molecular weight is 336 g/mol. The second-order valence-electron chi connectivity index (χ2n) is 7.64. The number of hydrogen-bond acceptors (Lipinski definition) is 1. The number of benzene rings is 2. The van der Waals surface area contributed by atoms with E-state index in [0.717, 1.165) is 11.5 Å². The second-order valence-corrected chi connectivity index (χ2v) is 7.64. The summed E-state index contributed by atoms with van der Waals surface area (Å²) in [7, 11) is 2.13. The average Bonchev–Trinajstić information content (AvgIpc) is 2.92. The molecule has 3 rings (SSSR count). The summed E-state index contributed by atoms with van der Waals surface area (Å²) in [6.45, 7) is 19.9. The highest BCUT2D eigenvalue weighted by Gasteiger charge is 2.29. The van der Waals surface area contributed by atoms with Gasteiger partial charge in [-0.25, -0.2) is 0 Å². The topological polar surface area (TPSA) is 17.0 Å². The van der Waals surface area contributed by atoms with Crippen LogP contribution in [0.1, 0.15) is 50.1 Å². The van der Waals surface area contributed by atoms with Gasteiger partial charge in [-0.05, 0) is 101 Å². The zero-order valence-corrected chi connectivity index (χ0v) is 17.4. The molecule has 0 spiro atoms. The summed E-state index contributed by atoms with van der Waals surface area (Å²) in [5, 5.41) is 0. The van der Waals surface area contributed by atoms with Crippen molar-refractivity contribution in [3.05, 3.63) is 50.1 Å². The molecule has 0 atom stereocenters. The van der Waals surface area contributed by atoms with Crippen LogP contribution in [0.25, 0.3) is 22.6 Å². The third-order valence-electron chi connectivity index (χ3n) is 6.65. The first-order chi connectivity index (χ1) is 11.6. The lowest BCUT2D eigenvalue weighted by molar-refractivity contribution is -0.637. The fourth-order valence-corrected chi connectivity index (χ4v) is 4.09. The third kappa shape index (κ3) is 2.27. The summed E-state index contributed by atoms with van der Waals surface area (Å²) in [6, 6.07) is 0. The fraction of sp³-hybridized carbons (Fsp3) is 0.435. The van der Waals surface area contributed by atoms with Crippen LogP contribution >= 0.6 is 0 Å². The van der Waals surface area contributed by atoms with E-state index in [-0.39, 0.29) is 0 Å². The molecule has 0 saturated carbocycles. The molecule has 0 amide bonds. The van der Waals surface area contributed by atoms with Crippen LogP contribution in [0.15, 0.2) is 4.42 Å². The predicted octanol–water partition coefficient (Wildman–Crippen LogP) is 5.70. The summed E-state index contributed by atoms with van der Waals surface area (Å²) >= 11 is 0. The first-order valence-corrected chi connectivity index (χ1v) is 9.05. The van der Waals surface area contributed by atoms with Crippen LogP contribution < -0.4 is 4.57 Å². The van der Waals surface area contributed by atoms with Crippen molar-refractivity contribution in [1.29, 1.82) is 0 Å². The maximum absolute atomic E-state index is 6.51. The smallest absolute Gasteiger partial charge is 0.381 e. The lowest BCUT2D eigenvalue weighted by Gasteiger charge is -2.15. The molecule has 0 radical (unpaired) electrons. The molecule has 3 aromatic rings. The van der Waals surface area contributed by atoms with Crippen molar-refractivity contribution in [3.63, 3.8) is 0 Å². The van der Waals surface area contributed by atoms with Crippen LogP contribution in [0.3, 0.4) is 0 Å². The van der Waals surface area contributed by atoms with E-state index in [0.29, 0.717) is 0 Å². The largest absolute Gasteiger partial charge is 0.397 e. The number of nitrogens with zero attached hydrogens (tertiary/aromatic N) is 1. The van der Waals surface area contributed by atoms with Crippen LogP contribution in [-0.4, -0.2) is 0 Å². The summed E-state index contributed by atoms with van der Waals surface area (Å²) in [4.78, 5) is 0. The molecular formula is C23H30NO+. The Morgan fingerprint density at radius 2 is 0.920 bits per heavy atom. The first-order valence-electron chi connectivity index (χ1n) is 9.05. The minimum atomic E-state index is 0.965. The Morgan fingerprint density at radius 3 is 1.44 bits per heavy atom. The summed E-state index contributed by atoms with van der Waals surface area (Å²) in [5.74, 6) is 0.965. The van der Waals surface area contributed by atoms with E-state index in [2.05, 4.69) is 73.9 Å². The molecule has 0 fully saturated rings. The molecule has 0 aliphatic carbocycles. The van der Waals surface area contributed by atoms with Gasteiger partial charge in [0.25, 0.3) is 5.52 Å². The minimum Gasteiger partial charge on any atom is -0.397 e. The Kier molecular flexibility index (Phi) is 4.06. The Labute approximate surface area is 151 Å². The van der Waals surface area contributed by atoms with Crippen LogP contribution in [-0.2, 0) is 7.05 Å². The first kappa shape index (κ1) is 17.7. The fourth-order valence-electron chi connectivity index (χ4n) is 4.09. The van der Waals surface area contributed by atoms with Gasteiger partial charge in [-0.1, -0.05) is 0 Å². The normalized spacial score (nSPS) is 11.6. The van der Waals surface area contributed by atoms with Crippen LogP contribution in [0.4, 0.5) is 0 Å². The highest BCUT2D eigenvalue weighted by molar-refractivity contribution is 5.82. The number of aryl methyl sites for hydroxylation is 3. The number of oxazole rings is 1. The lowest BCUT2D eigenvalue weighted by atomic mass is 9.89. The van der Waals surface area contributed by atoms with Crippen LogP contribution in [0.5, 0.6) is 0 Å². The zero-order chi connectivity index (χ0) is 18.8. The Balaban J connectivity index is 2.50. The Hall–Kier alpha value is -2.09. The second kappa shape index (κ2) is 5.72. The van der Waals surface area contributed by atoms with Crippen molar-refractivity contribution < 1.29 is 8.98 Å². The van der Waals surface area contributed by atoms with Crippen molar-refractivity contribution in [2.24, 2.45) is 7.05 Å². The standard InChI is InChI=1S/C23H30NO/c1-11-12(2)16(6)20(17(7)13(11)3)23-24(10)21-18(8)14(4)15(5)19(9)22(21)25-23/h1-10H3/q+1. The molecule has 2 heteroatoms. The highest BCUT2D eigenvalue weighted by Crippen LogP contribution is 2.36. The van der Waals surface area contributed by atoms with Gasteiger partial charge in [-0.3, -0.25) is 0 Å². The van der Waals surface area contributed by atoms with Gasteiger partial charge in [0.2, 0.25) is 5.58 Å². The van der Waals surface area contributed by atoms with Crippen molar-refractivity contribution in [2.45, 2.75) is 62.3 Å². The van der Waals surface area contributed by atoms with Crippen molar-refractivity contribution >= 4 is 11.1 Å². The van der Waals surface area contributed by atoms with E-state index in [4.69, 9.17) is 4.42 Å². The SMILES string of the molecule is Cc1c(C)c(C)c(-c2oc3c(C)c(C)c(C)c(C)c3[n+]2C)c(C)c1C. The van der Waals surface area contributed by atoms with Crippen LogP contribution in [0.2, 0.25) is 0 Å². The Bertz CT molecular complexity index is 1010. The van der Waals surface area contributed by atoms with E-state index in [9.17, 15) is 0 Å². The third-order valence-corrected chi connectivity index (χ3v) is 6.65. The van der Waals surface area contributed by atoms with Gasteiger partial charge in [-0.2, -0.15) is 4.57 Å². The van der Waals surface area contributed by atoms with E-state index in [1.807, 2.05) is 0 Å². The molecule has 25 heavy (non-hydrogen) atoms. The van der Waals surface area contributed by atoms with Crippen molar-refractivity contribution in [1.82, 2.24) is 0 Å². The Morgan fingerprint density at radius 1 is 0.520 bits per heavy atom. The van der Waals surface area contributed by atoms with Gasteiger partial charge < -0.3 is 4.42 Å². The van der Waals surface area contributed by atoms with Gasteiger partial charge >= 0.3 is 5.89 Å². The lowest BCUT2D eigenvalue weighted by Crippen LogP contribution is -2.30. The molecule has 132 valence electrons. The van der Waals surface area contributed by atoms with Crippen molar-refractivity contribution in [3.8, 4) is 11.5 Å². The number of fused-ring (bicyclic) bond motifs is 1. The van der Waals surface area contributed by atoms with Gasteiger partial charge in [-0.15, -0.1) is 0 Å². The summed E-state index contributed by atoms with van der Waals surface area (Å²) in [5.41, 5.74) is 15.5. The van der Waals surface area contributed by atoms with Gasteiger partial charge in [0.05, 0.1) is 5.56 Å². The monoisotopic (exact) mass is 336 g/mol. The van der Waals surface area contributed by atoms with Crippen LogP contribution in [0, 0.1) is 62.3 Å². The number of aromatic nitrogens is 1. The summed E-state index contributed by atoms with van der Waals surface area (Å²) < 4.78 is 8.75. The highest BCUT2D eigenvalue weighted by atomic mass is 16.4. The molecule has 0 aliphatic heterocycles. The molecule has 0 aliphatic rings. The maximum atomic E-state index is 6.51. The van der Waals surface area contributed by atoms with E-state index >= 15 is 0 Å². The van der Waals surface area contributed by atoms with Gasteiger partial charge in [0.15, 0.2) is 0 Å². The molecular weight excluding hydrogens is 306 g/mol.